The Morgan fingerprint density at radius 3 is 2.94 bits per heavy atom. The molecule has 0 bridgehead atoms. The zero-order valence-electron chi connectivity index (χ0n) is 9.83. The van der Waals surface area contributed by atoms with Crippen molar-refractivity contribution < 1.29 is 9.53 Å². The minimum Gasteiger partial charge on any atom is -0.481 e. The van der Waals surface area contributed by atoms with Gasteiger partial charge in [0.05, 0.1) is 7.11 Å². The topological polar surface area (TPSA) is 77.0 Å². The minimum absolute atomic E-state index is 0.242. The highest BCUT2D eigenvalue weighted by Gasteiger charge is 2.06. The summed E-state index contributed by atoms with van der Waals surface area (Å²) in [6.45, 7) is 0.391. The van der Waals surface area contributed by atoms with E-state index in [1.807, 2.05) is 6.07 Å². The lowest BCUT2D eigenvalue weighted by Gasteiger charge is -2.05. The third-order valence-corrected chi connectivity index (χ3v) is 2.28. The molecule has 2 aromatic heterocycles. The van der Waals surface area contributed by atoms with E-state index < -0.39 is 0 Å². The Labute approximate surface area is 104 Å². The summed E-state index contributed by atoms with van der Waals surface area (Å²) in [5.74, 6) is 0.275. The van der Waals surface area contributed by atoms with E-state index in [2.05, 4.69) is 20.3 Å². The average Bonchev–Trinajstić information content (AvgIpc) is 2.46. The van der Waals surface area contributed by atoms with Gasteiger partial charge in [0.1, 0.15) is 12.0 Å². The number of amides is 1. The molecule has 92 valence electrons. The number of pyridine rings is 1. The highest BCUT2D eigenvalue weighted by atomic mass is 16.5. The van der Waals surface area contributed by atoms with Crippen molar-refractivity contribution in [3.05, 3.63) is 48.2 Å². The summed E-state index contributed by atoms with van der Waals surface area (Å²) < 4.78 is 5.00. The lowest BCUT2D eigenvalue weighted by molar-refractivity contribution is 0.0945. The molecule has 0 aliphatic heterocycles. The zero-order chi connectivity index (χ0) is 12.8. The van der Waals surface area contributed by atoms with Crippen molar-refractivity contribution in [2.24, 2.45) is 0 Å². The van der Waals surface area contributed by atoms with Crippen molar-refractivity contribution in [1.29, 1.82) is 0 Å². The number of methoxy groups -OCH3 is 1. The van der Waals surface area contributed by atoms with E-state index in [0.717, 1.165) is 5.56 Å². The fourth-order valence-corrected chi connectivity index (χ4v) is 1.37. The second kappa shape index (κ2) is 5.72. The first-order chi connectivity index (χ1) is 8.79. The molecule has 2 aromatic rings. The third kappa shape index (κ3) is 3.00. The predicted molar refractivity (Wildman–Crippen MR) is 64.0 cm³/mol. The van der Waals surface area contributed by atoms with Gasteiger partial charge in [-0.3, -0.25) is 4.79 Å². The van der Waals surface area contributed by atoms with Gasteiger partial charge in [0.15, 0.2) is 0 Å². The first kappa shape index (κ1) is 12.0. The Morgan fingerprint density at radius 2 is 2.22 bits per heavy atom. The van der Waals surface area contributed by atoms with Crippen LogP contribution in [0.5, 0.6) is 5.88 Å². The molecule has 6 nitrogen and oxygen atoms in total. The van der Waals surface area contributed by atoms with Crippen molar-refractivity contribution in [1.82, 2.24) is 20.3 Å². The number of hydrogen-bond donors (Lipinski definition) is 1. The Bertz CT molecular complexity index is 531. The first-order valence-corrected chi connectivity index (χ1v) is 5.32. The number of nitrogens with one attached hydrogen (secondary N) is 1. The number of nitrogens with zero attached hydrogens (tertiary/aromatic N) is 3. The maximum absolute atomic E-state index is 11.7. The van der Waals surface area contributed by atoms with E-state index in [4.69, 9.17) is 4.74 Å². The van der Waals surface area contributed by atoms with Crippen molar-refractivity contribution in [3.8, 4) is 5.88 Å². The number of ether oxygens (including phenoxy) is 1. The van der Waals surface area contributed by atoms with Gasteiger partial charge in [-0.15, -0.1) is 0 Å². The Hall–Kier alpha value is -2.50. The van der Waals surface area contributed by atoms with Gasteiger partial charge in [-0.1, -0.05) is 0 Å². The number of rotatable bonds is 4. The Balaban J connectivity index is 1.97. The van der Waals surface area contributed by atoms with E-state index in [-0.39, 0.29) is 5.91 Å². The van der Waals surface area contributed by atoms with Gasteiger partial charge in [0, 0.05) is 25.0 Å². The molecule has 2 rings (SSSR count). The number of hydrogen-bond acceptors (Lipinski definition) is 5. The van der Waals surface area contributed by atoms with Crippen LogP contribution in [0.4, 0.5) is 0 Å². The molecule has 1 N–H and O–H groups in total. The van der Waals surface area contributed by atoms with Gasteiger partial charge >= 0.3 is 0 Å². The first-order valence-electron chi connectivity index (χ1n) is 5.32. The van der Waals surface area contributed by atoms with Crippen molar-refractivity contribution in [3.63, 3.8) is 0 Å². The molecule has 0 atom stereocenters. The van der Waals surface area contributed by atoms with Gasteiger partial charge in [0.2, 0.25) is 5.88 Å². The SMILES string of the molecule is COc1cc(CNC(=O)c2ccncn2)ccn1. The molecule has 0 saturated carbocycles. The Morgan fingerprint density at radius 1 is 1.33 bits per heavy atom. The number of carbonyl (C=O) groups is 1. The van der Waals surface area contributed by atoms with Crippen LogP contribution in [0, 0.1) is 0 Å². The van der Waals surface area contributed by atoms with E-state index in [1.165, 1.54) is 12.5 Å². The van der Waals surface area contributed by atoms with E-state index >= 15 is 0 Å². The van der Waals surface area contributed by atoms with Crippen molar-refractivity contribution in [2.75, 3.05) is 7.11 Å². The fourth-order valence-electron chi connectivity index (χ4n) is 1.37. The van der Waals surface area contributed by atoms with Crippen LogP contribution in [0.2, 0.25) is 0 Å². The van der Waals surface area contributed by atoms with Crippen LogP contribution in [-0.2, 0) is 6.54 Å². The van der Waals surface area contributed by atoms with Crippen LogP contribution in [0.15, 0.2) is 36.9 Å². The standard InChI is InChI=1S/C12H12N4O2/c1-18-11-6-9(2-5-14-11)7-15-12(17)10-3-4-13-8-16-10/h2-6,8H,7H2,1H3,(H,15,17). The Kier molecular flexibility index (Phi) is 3.80. The predicted octanol–water partition coefficient (Wildman–Crippen LogP) is 0.810. The normalized spacial score (nSPS) is 9.83. The lowest BCUT2D eigenvalue weighted by Crippen LogP contribution is -2.23. The maximum Gasteiger partial charge on any atom is 0.270 e. The van der Waals surface area contributed by atoms with Crippen LogP contribution in [-0.4, -0.2) is 28.0 Å². The second-order valence-electron chi connectivity index (χ2n) is 3.48. The van der Waals surface area contributed by atoms with Crippen LogP contribution >= 0.6 is 0 Å². The van der Waals surface area contributed by atoms with Gasteiger partial charge < -0.3 is 10.1 Å². The zero-order valence-corrected chi connectivity index (χ0v) is 9.83. The highest BCUT2D eigenvalue weighted by molar-refractivity contribution is 5.91. The molecule has 0 aromatic carbocycles. The molecule has 0 radical (unpaired) electrons. The molecular formula is C12H12N4O2. The molecule has 0 fully saturated rings. The summed E-state index contributed by atoms with van der Waals surface area (Å²) in [5.41, 5.74) is 1.25. The highest BCUT2D eigenvalue weighted by Crippen LogP contribution is 2.08. The van der Waals surface area contributed by atoms with E-state index in [0.29, 0.717) is 18.1 Å². The van der Waals surface area contributed by atoms with Crippen LogP contribution < -0.4 is 10.1 Å². The fraction of sp³-hybridized carbons (Fsp3) is 0.167. The number of aromatic nitrogens is 3. The monoisotopic (exact) mass is 244 g/mol. The minimum atomic E-state index is -0.242. The molecule has 6 heteroatoms. The molecule has 0 saturated heterocycles. The van der Waals surface area contributed by atoms with Crippen LogP contribution in [0.25, 0.3) is 0 Å². The average molecular weight is 244 g/mol. The van der Waals surface area contributed by atoms with Gasteiger partial charge in [-0.2, -0.15) is 0 Å². The van der Waals surface area contributed by atoms with E-state index in [1.54, 1.807) is 25.4 Å². The summed E-state index contributed by atoms with van der Waals surface area (Å²) in [5, 5.41) is 2.75. The van der Waals surface area contributed by atoms with Crippen LogP contribution in [0.1, 0.15) is 16.1 Å². The molecule has 2 heterocycles. The quantitative estimate of drug-likeness (QED) is 0.861. The van der Waals surface area contributed by atoms with Crippen molar-refractivity contribution >= 4 is 5.91 Å². The molecule has 0 spiro atoms. The van der Waals surface area contributed by atoms with Crippen LogP contribution in [0.3, 0.4) is 0 Å². The summed E-state index contributed by atoms with van der Waals surface area (Å²) in [4.78, 5) is 23.3. The maximum atomic E-state index is 11.7. The summed E-state index contributed by atoms with van der Waals surface area (Å²) in [6, 6.07) is 5.13. The van der Waals surface area contributed by atoms with Gasteiger partial charge in [-0.05, 0) is 17.7 Å². The summed E-state index contributed by atoms with van der Waals surface area (Å²) >= 11 is 0. The molecule has 18 heavy (non-hydrogen) atoms. The van der Waals surface area contributed by atoms with Gasteiger partial charge in [-0.25, -0.2) is 15.0 Å². The summed E-state index contributed by atoms with van der Waals surface area (Å²) in [6.07, 6.45) is 4.49. The third-order valence-electron chi connectivity index (χ3n) is 2.28. The lowest BCUT2D eigenvalue weighted by atomic mass is 10.2. The molecular weight excluding hydrogens is 232 g/mol. The summed E-state index contributed by atoms with van der Waals surface area (Å²) in [7, 11) is 1.55. The number of carbonyl (C=O) groups excluding carboxylic acids is 1. The molecule has 0 unspecified atom stereocenters. The molecule has 0 aliphatic rings. The van der Waals surface area contributed by atoms with Crippen molar-refractivity contribution in [2.45, 2.75) is 6.54 Å². The van der Waals surface area contributed by atoms with Gasteiger partial charge in [0.25, 0.3) is 5.91 Å². The smallest absolute Gasteiger partial charge is 0.270 e. The second-order valence-corrected chi connectivity index (χ2v) is 3.48. The van der Waals surface area contributed by atoms with E-state index in [9.17, 15) is 4.79 Å². The largest absolute Gasteiger partial charge is 0.481 e. The molecule has 1 amide bonds. The molecule has 0 aliphatic carbocycles.